The third-order valence-electron chi connectivity index (χ3n) is 5.36. The molecule has 1 N–H and O–H groups in total. The minimum absolute atomic E-state index is 0.160. The molecule has 2 aromatic carbocycles. The van der Waals surface area contributed by atoms with E-state index in [4.69, 9.17) is 14.2 Å². The summed E-state index contributed by atoms with van der Waals surface area (Å²) in [4.78, 5) is 24.9. The van der Waals surface area contributed by atoms with Crippen LogP contribution in [0, 0.1) is 13.8 Å². The number of aromatic nitrogens is 2. The number of carbonyl (C=O) groups excluding carboxylic acids is 2. The molecule has 0 fully saturated rings. The van der Waals surface area contributed by atoms with Gasteiger partial charge in [-0.25, -0.2) is 4.79 Å². The minimum atomic E-state index is -0.396. The number of aryl methyl sites for hydroxylation is 1. The number of nitrogens with one attached hydrogen (secondary N) is 1. The van der Waals surface area contributed by atoms with E-state index in [0.29, 0.717) is 48.2 Å². The van der Waals surface area contributed by atoms with E-state index in [2.05, 4.69) is 10.4 Å². The Morgan fingerprint density at radius 2 is 1.71 bits per heavy atom. The second-order valence-corrected chi connectivity index (χ2v) is 7.72. The van der Waals surface area contributed by atoms with Crippen LogP contribution in [0.2, 0.25) is 0 Å². The Labute approximate surface area is 199 Å². The van der Waals surface area contributed by atoms with Gasteiger partial charge in [-0.1, -0.05) is 24.3 Å². The van der Waals surface area contributed by atoms with Gasteiger partial charge in [-0.3, -0.25) is 9.48 Å². The number of rotatable bonds is 10. The Bertz CT molecular complexity index is 1170. The summed E-state index contributed by atoms with van der Waals surface area (Å²) in [6.45, 7) is 8.97. The average molecular weight is 466 g/mol. The molecule has 180 valence electrons. The topological polar surface area (TPSA) is 91.7 Å². The Kier molecular flexibility index (Phi) is 8.29. The summed E-state index contributed by atoms with van der Waals surface area (Å²) in [5.41, 5.74) is 4.25. The fourth-order valence-electron chi connectivity index (χ4n) is 3.73. The van der Waals surface area contributed by atoms with Crippen molar-refractivity contribution in [3.8, 4) is 11.5 Å². The van der Waals surface area contributed by atoms with Gasteiger partial charge >= 0.3 is 5.97 Å². The lowest BCUT2D eigenvalue weighted by molar-refractivity contribution is -0.115. The molecule has 0 atom stereocenters. The largest absolute Gasteiger partial charge is 0.490 e. The normalized spacial score (nSPS) is 10.6. The van der Waals surface area contributed by atoms with Crippen LogP contribution in [0.4, 0.5) is 5.69 Å². The number of methoxy groups -OCH3 is 1. The van der Waals surface area contributed by atoms with Crippen LogP contribution in [0.3, 0.4) is 0 Å². The van der Waals surface area contributed by atoms with Gasteiger partial charge < -0.3 is 19.5 Å². The first-order chi connectivity index (χ1) is 16.4. The Morgan fingerprint density at radius 3 is 2.41 bits per heavy atom. The maximum Gasteiger partial charge on any atom is 0.338 e. The molecule has 0 aliphatic carbocycles. The maximum atomic E-state index is 12.8. The van der Waals surface area contributed by atoms with Crippen molar-refractivity contribution in [2.45, 2.75) is 40.7 Å². The van der Waals surface area contributed by atoms with Gasteiger partial charge in [0.15, 0.2) is 11.5 Å². The zero-order chi connectivity index (χ0) is 24.7. The molecule has 0 bridgehead atoms. The lowest BCUT2D eigenvalue weighted by Gasteiger charge is -2.13. The van der Waals surface area contributed by atoms with Crippen LogP contribution >= 0.6 is 0 Å². The molecule has 1 amide bonds. The summed E-state index contributed by atoms with van der Waals surface area (Å²) in [6, 6.07) is 12.8. The number of anilines is 1. The van der Waals surface area contributed by atoms with E-state index in [-0.39, 0.29) is 12.3 Å². The zero-order valence-electron chi connectivity index (χ0n) is 20.3. The highest BCUT2D eigenvalue weighted by Crippen LogP contribution is 2.29. The lowest BCUT2D eigenvalue weighted by Crippen LogP contribution is -2.16. The Morgan fingerprint density at radius 1 is 1.00 bits per heavy atom. The molecule has 1 heterocycles. The van der Waals surface area contributed by atoms with E-state index in [0.717, 1.165) is 16.8 Å². The predicted octanol–water partition coefficient (Wildman–Crippen LogP) is 4.31. The molecule has 1 aromatic heterocycles. The molecule has 3 rings (SSSR count). The summed E-state index contributed by atoms with van der Waals surface area (Å²) >= 11 is 0. The molecule has 0 aliphatic heterocycles. The van der Waals surface area contributed by atoms with Crippen molar-refractivity contribution in [1.29, 1.82) is 0 Å². The quantitative estimate of drug-likeness (QED) is 0.449. The summed E-state index contributed by atoms with van der Waals surface area (Å²) in [7, 11) is 1.36. The number of nitrogens with zero attached hydrogens (tertiary/aromatic N) is 2. The zero-order valence-corrected chi connectivity index (χ0v) is 20.3. The molecule has 0 saturated heterocycles. The summed E-state index contributed by atoms with van der Waals surface area (Å²) < 4.78 is 17.9. The third-order valence-corrected chi connectivity index (χ3v) is 5.36. The molecule has 0 saturated carbocycles. The highest BCUT2D eigenvalue weighted by molar-refractivity contribution is 5.93. The first-order valence-corrected chi connectivity index (χ1v) is 11.3. The maximum absolute atomic E-state index is 12.8. The second kappa shape index (κ2) is 11.4. The molecule has 8 heteroatoms. The second-order valence-electron chi connectivity index (χ2n) is 7.72. The molecular weight excluding hydrogens is 434 g/mol. The van der Waals surface area contributed by atoms with E-state index in [1.54, 1.807) is 16.8 Å². The van der Waals surface area contributed by atoms with E-state index < -0.39 is 5.97 Å². The Balaban J connectivity index is 1.76. The fourth-order valence-corrected chi connectivity index (χ4v) is 3.73. The van der Waals surface area contributed by atoms with Gasteiger partial charge in [-0.2, -0.15) is 5.10 Å². The molecule has 3 aromatic rings. The van der Waals surface area contributed by atoms with Crippen LogP contribution < -0.4 is 14.8 Å². The Hall–Kier alpha value is -3.81. The molecule has 0 aliphatic rings. The lowest BCUT2D eigenvalue weighted by atomic mass is 10.1. The van der Waals surface area contributed by atoms with Crippen LogP contribution in [-0.4, -0.2) is 42.0 Å². The predicted molar refractivity (Wildman–Crippen MR) is 130 cm³/mol. The van der Waals surface area contributed by atoms with Crippen LogP contribution in [0.5, 0.6) is 11.5 Å². The van der Waals surface area contributed by atoms with Crippen molar-refractivity contribution < 1.29 is 23.8 Å². The smallest absolute Gasteiger partial charge is 0.338 e. The summed E-state index contributed by atoms with van der Waals surface area (Å²) in [5, 5.41) is 7.56. The summed E-state index contributed by atoms with van der Waals surface area (Å²) in [5.74, 6) is 0.729. The number of benzene rings is 2. The van der Waals surface area contributed by atoms with Crippen LogP contribution in [0.25, 0.3) is 0 Å². The molecule has 0 radical (unpaired) electrons. The van der Waals surface area contributed by atoms with E-state index in [1.807, 2.05) is 58.0 Å². The van der Waals surface area contributed by atoms with Crippen molar-refractivity contribution in [2.24, 2.45) is 0 Å². The van der Waals surface area contributed by atoms with E-state index >= 15 is 0 Å². The highest BCUT2D eigenvalue weighted by Gasteiger charge is 2.18. The average Bonchev–Trinajstić information content (AvgIpc) is 3.08. The number of esters is 1. The SMILES string of the molecule is CCOc1ccc(CC(=O)Nc2c(C)nn(Cc3ccccc3C(=O)OC)c2C)cc1OCC. The van der Waals surface area contributed by atoms with Gasteiger partial charge in [0.2, 0.25) is 5.91 Å². The van der Waals surface area contributed by atoms with Crippen molar-refractivity contribution in [3.05, 3.63) is 70.5 Å². The molecule has 0 unspecified atom stereocenters. The molecule has 8 nitrogen and oxygen atoms in total. The standard InChI is InChI=1S/C26H31N3O5/c1-6-33-22-13-12-19(14-23(22)34-7-2)15-24(30)27-25-17(3)28-29(18(25)4)16-20-10-8-9-11-21(20)26(31)32-5/h8-14H,6-7,15-16H2,1-5H3,(H,27,30). The van der Waals surface area contributed by atoms with Crippen LogP contribution in [0.1, 0.15) is 46.7 Å². The van der Waals surface area contributed by atoms with Gasteiger partial charge in [0.1, 0.15) is 0 Å². The summed E-state index contributed by atoms with van der Waals surface area (Å²) in [6.07, 6.45) is 0.182. The number of amides is 1. The number of ether oxygens (including phenoxy) is 3. The molecule has 34 heavy (non-hydrogen) atoms. The van der Waals surface area contributed by atoms with Crippen molar-refractivity contribution in [3.63, 3.8) is 0 Å². The van der Waals surface area contributed by atoms with Crippen molar-refractivity contribution in [2.75, 3.05) is 25.6 Å². The van der Waals surface area contributed by atoms with Gasteiger partial charge in [0.05, 0.1) is 55.9 Å². The van der Waals surface area contributed by atoms with Crippen LogP contribution in [-0.2, 0) is 22.5 Å². The first-order valence-electron chi connectivity index (χ1n) is 11.3. The number of hydrogen-bond donors (Lipinski definition) is 1. The van der Waals surface area contributed by atoms with Gasteiger partial charge in [0, 0.05) is 0 Å². The number of carbonyl (C=O) groups is 2. The molecule has 0 spiro atoms. The van der Waals surface area contributed by atoms with Gasteiger partial charge in [-0.15, -0.1) is 0 Å². The first kappa shape index (κ1) is 24.8. The third kappa shape index (κ3) is 5.75. The fraction of sp³-hybridized carbons (Fsp3) is 0.346. The minimum Gasteiger partial charge on any atom is -0.490 e. The van der Waals surface area contributed by atoms with E-state index in [9.17, 15) is 9.59 Å². The van der Waals surface area contributed by atoms with Crippen molar-refractivity contribution >= 4 is 17.6 Å². The van der Waals surface area contributed by atoms with Gasteiger partial charge in [0.25, 0.3) is 0 Å². The van der Waals surface area contributed by atoms with Crippen molar-refractivity contribution in [1.82, 2.24) is 9.78 Å². The monoisotopic (exact) mass is 465 g/mol. The van der Waals surface area contributed by atoms with Crippen LogP contribution in [0.15, 0.2) is 42.5 Å². The number of hydrogen-bond acceptors (Lipinski definition) is 6. The highest BCUT2D eigenvalue weighted by atomic mass is 16.5. The van der Waals surface area contributed by atoms with E-state index in [1.165, 1.54) is 7.11 Å². The molecular formula is C26H31N3O5. The van der Waals surface area contributed by atoms with Gasteiger partial charge in [-0.05, 0) is 57.0 Å².